The van der Waals surface area contributed by atoms with E-state index < -0.39 is 40.8 Å². The molecule has 0 radical (unpaired) electrons. The zero-order valence-electron chi connectivity index (χ0n) is 14.7. The Labute approximate surface area is 151 Å². The molecule has 2 rings (SSSR count). The molecule has 0 aliphatic heterocycles. The number of nitro groups is 1. The highest BCUT2D eigenvalue weighted by molar-refractivity contribution is 5.88. The molecular weight excluding hydrogens is 342 g/mol. The van der Waals surface area contributed by atoms with Gasteiger partial charge in [0.1, 0.15) is 11.3 Å². The zero-order valence-corrected chi connectivity index (χ0v) is 14.7. The SMILES string of the molecule is C[C@H]1CC(=O)[C@H](CC(=O)OCC(=O)NC2(C#N)CCCC2)[C@@H]1C[N+](=O)[O-]. The number of ether oxygens (including phenoxy) is 1. The molecule has 0 heterocycles. The summed E-state index contributed by atoms with van der Waals surface area (Å²) < 4.78 is 4.92. The summed E-state index contributed by atoms with van der Waals surface area (Å²) in [5.74, 6) is -2.88. The number of esters is 1. The predicted molar refractivity (Wildman–Crippen MR) is 88.2 cm³/mol. The summed E-state index contributed by atoms with van der Waals surface area (Å²) in [5.41, 5.74) is -0.892. The van der Waals surface area contributed by atoms with Crippen LogP contribution in [0.5, 0.6) is 0 Å². The number of rotatable bonds is 7. The van der Waals surface area contributed by atoms with Gasteiger partial charge in [0.05, 0.1) is 12.5 Å². The van der Waals surface area contributed by atoms with Gasteiger partial charge in [0, 0.05) is 23.2 Å². The van der Waals surface area contributed by atoms with Gasteiger partial charge < -0.3 is 10.1 Å². The lowest BCUT2D eigenvalue weighted by atomic mass is 9.88. The van der Waals surface area contributed by atoms with Crippen LogP contribution in [0, 0.1) is 39.2 Å². The fraction of sp³-hybridized carbons (Fsp3) is 0.765. The van der Waals surface area contributed by atoms with Crippen LogP contribution >= 0.6 is 0 Å². The Morgan fingerprint density at radius 3 is 2.65 bits per heavy atom. The van der Waals surface area contributed by atoms with Crippen LogP contribution in [0.15, 0.2) is 0 Å². The van der Waals surface area contributed by atoms with E-state index in [1.165, 1.54) is 0 Å². The monoisotopic (exact) mass is 365 g/mol. The Balaban J connectivity index is 1.84. The van der Waals surface area contributed by atoms with Gasteiger partial charge in [-0.05, 0) is 31.6 Å². The number of nitrogens with one attached hydrogen (secondary N) is 1. The van der Waals surface area contributed by atoms with Crippen molar-refractivity contribution in [3.63, 3.8) is 0 Å². The average molecular weight is 365 g/mol. The van der Waals surface area contributed by atoms with E-state index in [2.05, 4.69) is 11.4 Å². The van der Waals surface area contributed by atoms with Crippen LogP contribution in [0.4, 0.5) is 0 Å². The Hall–Kier alpha value is -2.50. The number of ketones is 1. The summed E-state index contributed by atoms with van der Waals surface area (Å²) in [6.07, 6.45) is 2.79. The minimum absolute atomic E-state index is 0.160. The van der Waals surface area contributed by atoms with Crippen molar-refractivity contribution in [2.45, 2.75) is 51.0 Å². The second kappa shape index (κ2) is 8.25. The van der Waals surface area contributed by atoms with Gasteiger partial charge in [0.25, 0.3) is 5.91 Å². The van der Waals surface area contributed by atoms with Crippen molar-refractivity contribution in [2.75, 3.05) is 13.2 Å². The van der Waals surface area contributed by atoms with Crippen LogP contribution in [0.1, 0.15) is 45.4 Å². The topological polar surface area (TPSA) is 139 Å². The fourth-order valence-corrected chi connectivity index (χ4v) is 3.93. The molecule has 1 amide bonds. The molecular formula is C17H23N3O6. The van der Waals surface area contributed by atoms with Crippen molar-refractivity contribution in [1.29, 1.82) is 5.26 Å². The number of carbonyl (C=O) groups is 3. The first kappa shape index (κ1) is 19.8. The number of nitrogens with zero attached hydrogens (tertiary/aromatic N) is 2. The van der Waals surface area contributed by atoms with Crippen molar-refractivity contribution in [1.82, 2.24) is 5.32 Å². The van der Waals surface area contributed by atoms with Crippen LogP contribution < -0.4 is 5.32 Å². The molecule has 0 aromatic heterocycles. The molecule has 0 aromatic carbocycles. The summed E-state index contributed by atoms with van der Waals surface area (Å²) in [4.78, 5) is 46.2. The molecule has 2 fully saturated rings. The Morgan fingerprint density at radius 2 is 2.08 bits per heavy atom. The smallest absolute Gasteiger partial charge is 0.307 e. The van der Waals surface area contributed by atoms with Crippen molar-refractivity contribution in [3.05, 3.63) is 10.1 Å². The summed E-state index contributed by atoms with van der Waals surface area (Å²) in [7, 11) is 0. The van der Waals surface area contributed by atoms with Crippen LogP contribution in [0.3, 0.4) is 0 Å². The average Bonchev–Trinajstić information content (AvgIpc) is 3.13. The maximum atomic E-state index is 12.0. The normalized spacial score (nSPS) is 26.9. The first-order valence-corrected chi connectivity index (χ1v) is 8.79. The van der Waals surface area contributed by atoms with Crippen LogP contribution in [0.25, 0.3) is 0 Å². The van der Waals surface area contributed by atoms with Gasteiger partial charge >= 0.3 is 5.97 Å². The molecule has 0 saturated heterocycles. The minimum atomic E-state index is -0.892. The number of hydrogen-bond acceptors (Lipinski definition) is 7. The molecule has 3 atom stereocenters. The van der Waals surface area contributed by atoms with Gasteiger partial charge in [0.2, 0.25) is 6.54 Å². The molecule has 0 aromatic rings. The van der Waals surface area contributed by atoms with E-state index in [0.717, 1.165) is 12.8 Å². The number of hydrogen-bond donors (Lipinski definition) is 1. The third-order valence-corrected chi connectivity index (χ3v) is 5.34. The summed E-state index contributed by atoms with van der Waals surface area (Å²) in [6, 6.07) is 2.11. The Kier molecular flexibility index (Phi) is 6.29. The van der Waals surface area contributed by atoms with E-state index in [1.807, 2.05) is 0 Å². The minimum Gasteiger partial charge on any atom is -0.456 e. The van der Waals surface area contributed by atoms with Crippen molar-refractivity contribution in [3.8, 4) is 6.07 Å². The van der Waals surface area contributed by atoms with Crippen LogP contribution in [-0.2, 0) is 19.1 Å². The summed E-state index contributed by atoms with van der Waals surface area (Å²) >= 11 is 0. The van der Waals surface area contributed by atoms with Gasteiger partial charge in [-0.3, -0.25) is 24.5 Å². The highest BCUT2D eigenvalue weighted by atomic mass is 16.6. The molecule has 2 aliphatic rings. The second-order valence-corrected chi connectivity index (χ2v) is 7.25. The lowest BCUT2D eigenvalue weighted by Crippen LogP contribution is -2.46. The van der Waals surface area contributed by atoms with E-state index in [9.17, 15) is 29.8 Å². The molecule has 9 heteroatoms. The quantitative estimate of drug-likeness (QED) is 0.403. The van der Waals surface area contributed by atoms with Gasteiger partial charge in [-0.2, -0.15) is 5.26 Å². The lowest BCUT2D eigenvalue weighted by Gasteiger charge is -2.22. The second-order valence-electron chi connectivity index (χ2n) is 7.25. The Morgan fingerprint density at radius 1 is 1.42 bits per heavy atom. The first-order chi connectivity index (χ1) is 12.3. The van der Waals surface area contributed by atoms with Crippen molar-refractivity contribution >= 4 is 17.7 Å². The van der Waals surface area contributed by atoms with E-state index >= 15 is 0 Å². The number of carbonyl (C=O) groups excluding carboxylic acids is 3. The first-order valence-electron chi connectivity index (χ1n) is 8.79. The summed E-state index contributed by atoms with van der Waals surface area (Å²) in [6.45, 7) is 0.864. The van der Waals surface area contributed by atoms with Crippen LogP contribution in [0.2, 0.25) is 0 Å². The molecule has 26 heavy (non-hydrogen) atoms. The molecule has 0 spiro atoms. The summed E-state index contributed by atoms with van der Waals surface area (Å²) in [5, 5.41) is 22.6. The molecule has 0 unspecified atom stereocenters. The van der Waals surface area contributed by atoms with E-state index in [0.29, 0.717) is 12.8 Å². The van der Waals surface area contributed by atoms with Crippen molar-refractivity contribution in [2.24, 2.45) is 17.8 Å². The van der Waals surface area contributed by atoms with Gasteiger partial charge in [-0.1, -0.05) is 6.92 Å². The van der Waals surface area contributed by atoms with Gasteiger partial charge in [-0.25, -0.2) is 0 Å². The molecule has 2 aliphatic carbocycles. The maximum Gasteiger partial charge on any atom is 0.307 e. The highest BCUT2D eigenvalue weighted by Gasteiger charge is 2.44. The number of Topliss-reactive ketones (excluding diaryl/α,β-unsaturated/α-hetero) is 1. The third-order valence-electron chi connectivity index (χ3n) is 5.34. The van der Waals surface area contributed by atoms with Gasteiger partial charge in [-0.15, -0.1) is 0 Å². The third kappa shape index (κ3) is 4.77. The van der Waals surface area contributed by atoms with E-state index in [4.69, 9.17) is 4.74 Å². The zero-order chi connectivity index (χ0) is 19.3. The van der Waals surface area contributed by atoms with Crippen molar-refractivity contribution < 1.29 is 24.0 Å². The van der Waals surface area contributed by atoms with E-state index in [1.54, 1.807) is 6.92 Å². The van der Waals surface area contributed by atoms with Crippen LogP contribution in [-0.4, -0.2) is 41.3 Å². The maximum absolute atomic E-state index is 12.0. The largest absolute Gasteiger partial charge is 0.456 e. The number of amides is 1. The number of nitriles is 1. The lowest BCUT2D eigenvalue weighted by molar-refractivity contribution is -0.490. The van der Waals surface area contributed by atoms with E-state index in [-0.39, 0.29) is 31.1 Å². The van der Waals surface area contributed by atoms with Gasteiger partial charge in [0.15, 0.2) is 6.61 Å². The predicted octanol–water partition coefficient (Wildman–Crippen LogP) is 0.990. The standard InChI is InChI=1S/C17H23N3O6/c1-11-6-14(21)12(13(11)8-20(24)25)7-16(23)26-9-15(22)19-17(10-18)4-2-3-5-17/h11-13H,2-9H2,1H3,(H,19,22)/t11-,12+,13+/m0/s1. The molecule has 1 N–H and O–H groups in total. The molecule has 9 nitrogen and oxygen atoms in total. The fourth-order valence-electron chi connectivity index (χ4n) is 3.93. The molecule has 0 bridgehead atoms. The molecule has 2 saturated carbocycles. The Bertz CT molecular complexity index is 635. The highest BCUT2D eigenvalue weighted by Crippen LogP contribution is 2.36. The molecule has 142 valence electrons.